The van der Waals surface area contributed by atoms with Gasteiger partial charge in [0.2, 0.25) is 0 Å². The Morgan fingerprint density at radius 2 is 1.81 bits per heavy atom. The fraction of sp³-hybridized carbons (Fsp3) is 0.391. The second-order valence-electron chi connectivity index (χ2n) is 7.80. The van der Waals surface area contributed by atoms with Crippen LogP contribution in [0.2, 0.25) is 0 Å². The second-order valence-corrected chi connectivity index (χ2v) is 9.86. The summed E-state index contributed by atoms with van der Waals surface area (Å²) in [5.74, 6) is 0.648. The average molecular weight is 441 g/mol. The summed E-state index contributed by atoms with van der Waals surface area (Å²) in [5, 5.41) is 8.62. The first-order chi connectivity index (χ1) is 15.0. The molecule has 2 heterocycles. The molecule has 0 aliphatic carbocycles. The first kappa shape index (κ1) is 21.2. The van der Waals surface area contributed by atoms with Crippen LogP contribution in [0.5, 0.6) is 11.5 Å². The summed E-state index contributed by atoms with van der Waals surface area (Å²) in [6.45, 7) is 1.91. The molecule has 4 rings (SSSR count). The lowest BCUT2D eigenvalue weighted by Crippen LogP contribution is -2.30. The molecule has 0 spiro atoms. The summed E-state index contributed by atoms with van der Waals surface area (Å²) in [4.78, 5) is 15.0. The molecule has 1 fully saturated rings. The zero-order valence-electron chi connectivity index (χ0n) is 17.1. The van der Waals surface area contributed by atoms with Gasteiger partial charge in [0.05, 0.1) is 31.1 Å². The van der Waals surface area contributed by atoms with Crippen LogP contribution in [0.25, 0.3) is 0 Å². The van der Waals surface area contributed by atoms with Crippen molar-refractivity contribution in [2.24, 2.45) is 0 Å². The molecule has 31 heavy (non-hydrogen) atoms. The van der Waals surface area contributed by atoms with Gasteiger partial charge in [-0.05, 0) is 48.2 Å². The molecule has 0 saturated carbocycles. The lowest BCUT2D eigenvalue weighted by molar-refractivity contribution is 0.0735. The quantitative estimate of drug-likeness (QED) is 0.708. The third-order valence-electron chi connectivity index (χ3n) is 5.54. The number of ether oxygens (including phenoxy) is 2. The topological polar surface area (TPSA) is 96.7 Å². The van der Waals surface area contributed by atoms with Gasteiger partial charge in [-0.15, -0.1) is 0 Å². The second kappa shape index (κ2) is 8.98. The van der Waals surface area contributed by atoms with Crippen molar-refractivity contribution in [1.82, 2.24) is 4.90 Å². The number of hydrogen-bond acceptors (Lipinski definition) is 6. The van der Waals surface area contributed by atoms with Crippen molar-refractivity contribution in [2.45, 2.75) is 31.1 Å². The molecule has 2 aromatic carbocycles. The average Bonchev–Trinajstić information content (AvgIpc) is 3.12. The molecule has 0 unspecified atom stereocenters. The van der Waals surface area contributed by atoms with Crippen LogP contribution in [-0.4, -0.2) is 44.7 Å². The highest BCUT2D eigenvalue weighted by molar-refractivity contribution is 7.90. The molecule has 8 heteroatoms. The largest absolute Gasteiger partial charge is 0.490 e. The molecule has 1 amide bonds. The van der Waals surface area contributed by atoms with Crippen molar-refractivity contribution < 1.29 is 22.7 Å². The van der Waals surface area contributed by atoms with Crippen LogP contribution in [0, 0.1) is 11.3 Å². The molecule has 2 aliphatic heterocycles. The molecule has 0 radical (unpaired) electrons. The third kappa shape index (κ3) is 4.83. The number of carbonyl (C=O) groups excluding carboxylic acids is 1. The van der Waals surface area contributed by atoms with Crippen LogP contribution in [0.4, 0.5) is 0 Å². The number of fused-ring (bicyclic) bond motifs is 1. The maximum atomic E-state index is 13.2. The van der Waals surface area contributed by atoms with Gasteiger partial charge in [0, 0.05) is 18.5 Å². The number of hydrogen-bond donors (Lipinski definition) is 0. The van der Waals surface area contributed by atoms with Crippen molar-refractivity contribution in [3.63, 3.8) is 0 Å². The van der Waals surface area contributed by atoms with Gasteiger partial charge in [0.25, 0.3) is 5.91 Å². The normalized spacial score (nSPS) is 18.3. The number of sulfone groups is 1. The van der Waals surface area contributed by atoms with Crippen LogP contribution in [0.15, 0.2) is 42.5 Å². The summed E-state index contributed by atoms with van der Waals surface area (Å²) in [6, 6.07) is 14.1. The molecular formula is C23H24N2O5S. The molecule has 0 bridgehead atoms. The first-order valence-electron chi connectivity index (χ1n) is 10.3. The van der Waals surface area contributed by atoms with Crippen molar-refractivity contribution in [2.75, 3.05) is 25.5 Å². The van der Waals surface area contributed by atoms with Gasteiger partial charge < -0.3 is 14.4 Å². The minimum atomic E-state index is -3.47. The Morgan fingerprint density at radius 1 is 1.06 bits per heavy atom. The van der Waals surface area contributed by atoms with Crippen molar-refractivity contribution >= 4 is 15.7 Å². The minimum Gasteiger partial charge on any atom is -0.490 e. The van der Waals surface area contributed by atoms with E-state index in [4.69, 9.17) is 14.7 Å². The van der Waals surface area contributed by atoms with Crippen molar-refractivity contribution in [3.05, 3.63) is 59.2 Å². The van der Waals surface area contributed by atoms with E-state index in [1.165, 1.54) is 0 Å². The molecule has 0 N–H and O–H groups in total. The fourth-order valence-corrected chi connectivity index (χ4v) is 5.06. The Labute approximate surface area is 182 Å². The van der Waals surface area contributed by atoms with E-state index in [9.17, 15) is 13.2 Å². The zero-order chi connectivity index (χ0) is 21.8. The van der Waals surface area contributed by atoms with Crippen LogP contribution >= 0.6 is 0 Å². The van der Waals surface area contributed by atoms with Gasteiger partial charge in [-0.25, -0.2) is 8.42 Å². The zero-order valence-corrected chi connectivity index (χ0v) is 17.9. The Bertz CT molecular complexity index is 1110. The fourth-order valence-electron chi connectivity index (χ4n) is 4.06. The maximum Gasteiger partial charge on any atom is 0.254 e. The highest BCUT2D eigenvalue weighted by Gasteiger charge is 2.31. The van der Waals surface area contributed by atoms with E-state index < -0.39 is 15.6 Å². The summed E-state index contributed by atoms with van der Waals surface area (Å²) < 4.78 is 35.2. The number of likely N-dealkylation sites (tertiary alicyclic amines) is 1. The third-order valence-corrected chi connectivity index (χ3v) is 6.88. The molecule has 1 saturated heterocycles. The van der Waals surface area contributed by atoms with E-state index in [2.05, 4.69) is 0 Å². The minimum absolute atomic E-state index is 0.0414. The number of carbonyl (C=O) groups is 1. The van der Waals surface area contributed by atoms with E-state index in [0.29, 0.717) is 30.9 Å². The van der Waals surface area contributed by atoms with Crippen LogP contribution in [0.3, 0.4) is 0 Å². The highest BCUT2D eigenvalue weighted by Crippen LogP contribution is 2.38. The van der Waals surface area contributed by atoms with E-state index in [0.717, 1.165) is 36.3 Å². The summed E-state index contributed by atoms with van der Waals surface area (Å²) in [7, 11) is -3.47. The maximum absolute atomic E-state index is 13.2. The lowest BCUT2D eigenvalue weighted by Gasteiger charge is -2.26. The number of rotatable bonds is 5. The molecule has 0 aromatic heterocycles. The Hall–Kier alpha value is -3.05. The monoisotopic (exact) mass is 440 g/mol. The van der Waals surface area contributed by atoms with Gasteiger partial charge in [-0.2, -0.15) is 5.26 Å². The van der Waals surface area contributed by atoms with Gasteiger partial charge in [0.15, 0.2) is 21.3 Å². The molecule has 7 nitrogen and oxygen atoms in total. The number of amides is 1. The summed E-state index contributed by atoms with van der Waals surface area (Å²) in [5.41, 5.74) is 2.10. The smallest absolute Gasteiger partial charge is 0.254 e. The van der Waals surface area contributed by atoms with Crippen LogP contribution < -0.4 is 9.47 Å². The van der Waals surface area contributed by atoms with Crippen LogP contribution in [-0.2, 0) is 15.6 Å². The molecular weight excluding hydrogens is 416 g/mol. The van der Waals surface area contributed by atoms with Crippen molar-refractivity contribution in [1.29, 1.82) is 5.26 Å². The van der Waals surface area contributed by atoms with E-state index >= 15 is 0 Å². The first-order valence-corrected chi connectivity index (χ1v) is 12.2. The Balaban J connectivity index is 1.51. The Morgan fingerprint density at radius 3 is 2.55 bits per heavy atom. The van der Waals surface area contributed by atoms with Crippen LogP contribution in [0.1, 0.15) is 46.8 Å². The molecule has 162 valence electrons. The molecule has 1 atom stereocenters. The standard InChI is InChI=1S/C23H24N2O5S/c24-10-14-31(27,28)16-17-4-6-18(7-5-17)23(26)25-11-1-3-20(25)19-8-9-21-22(15-19)30-13-2-12-29-21/h4-9,15,20H,1-3,11-14,16H2/t20-/m1/s1. The van der Waals surface area contributed by atoms with E-state index in [1.807, 2.05) is 23.1 Å². The number of benzene rings is 2. The van der Waals surface area contributed by atoms with Gasteiger partial charge >= 0.3 is 0 Å². The highest BCUT2D eigenvalue weighted by atomic mass is 32.2. The van der Waals surface area contributed by atoms with E-state index in [1.54, 1.807) is 30.3 Å². The molecule has 2 aromatic rings. The number of nitrogens with zero attached hydrogens (tertiary/aromatic N) is 2. The Kier molecular flexibility index (Phi) is 6.14. The predicted octanol–water partition coefficient (Wildman–Crippen LogP) is 3.26. The SMILES string of the molecule is N#CCS(=O)(=O)Cc1ccc(C(=O)N2CCC[C@@H]2c2ccc3c(c2)OCCCO3)cc1. The predicted molar refractivity (Wildman–Crippen MR) is 115 cm³/mol. The summed E-state index contributed by atoms with van der Waals surface area (Å²) >= 11 is 0. The van der Waals surface area contributed by atoms with Gasteiger partial charge in [-0.1, -0.05) is 18.2 Å². The molecule has 2 aliphatic rings. The van der Waals surface area contributed by atoms with E-state index in [-0.39, 0.29) is 17.7 Å². The lowest BCUT2D eigenvalue weighted by atomic mass is 10.0. The number of nitriles is 1. The van der Waals surface area contributed by atoms with Gasteiger partial charge in [0.1, 0.15) is 5.75 Å². The van der Waals surface area contributed by atoms with Crippen molar-refractivity contribution in [3.8, 4) is 17.6 Å². The summed E-state index contributed by atoms with van der Waals surface area (Å²) in [6.07, 6.45) is 2.62. The van der Waals surface area contributed by atoms with Gasteiger partial charge in [-0.3, -0.25) is 4.79 Å².